The molecule has 2 aromatic heterocycles. The summed E-state index contributed by atoms with van der Waals surface area (Å²) in [5, 5.41) is 9.12. The van der Waals surface area contributed by atoms with Gasteiger partial charge in [0.15, 0.2) is 0 Å². The molecule has 0 bridgehead atoms. The van der Waals surface area contributed by atoms with Gasteiger partial charge in [0, 0.05) is 18.1 Å². The summed E-state index contributed by atoms with van der Waals surface area (Å²) in [6, 6.07) is 10.5. The first kappa shape index (κ1) is 10.1. The normalized spacial score (nSPS) is 11.2. The van der Waals surface area contributed by atoms with Crippen molar-refractivity contribution in [3.63, 3.8) is 0 Å². The third-order valence-corrected chi connectivity index (χ3v) is 2.88. The van der Waals surface area contributed by atoms with Crippen LogP contribution in [0.2, 0.25) is 0 Å². The van der Waals surface area contributed by atoms with E-state index in [0.717, 1.165) is 0 Å². The fourth-order valence-corrected chi connectivity index (χ4v) is 2.09. The van der Waals surface area contributed by atoms with Gasteiger partial charge in [0.1, 0.15) is 6.54 Å². The fourth-order valence-electron chi connectivity index (χ4n) is 2.09. The molecule has 0 aliphatic carbocycles. The van der Waals surface area contributed by atoms with Crippen LogP contribution in [0.1, 0.15) is 17.5 Å². The molecule has 3 rings (SSSR count). The molecule has 0 saturated carbocycles. The van der Waals surface area contributed by atoms with Gasteiger partial charge in [-0.1, -0.05) is 18.2 Å². The number of benzene rings is 1. The molecule has 0 unspecified atom stereocenters. The maximum Gasteiger partial charge on any atom is 0.236 e. The Kier molecular flexibility index (Phi) is 2.21. The number of aryl methyl sites for hydroxylation is 2. The molecule has 2 heterocycles. The molecule has 0 aliphatic rings. The third-order valence-electron chi connectivity index (χ3n) is 2.88. The Morgan fingerprint density at radius 1 is 1.18 bits per heavy atom. The number of rotatable bonds is 2. The van der Waals surface area contributed by atoms with Gasteiger partial charge in [0.2, 0.25) is 11.8 Å². The van der Waals surface area contributed by atoms with E-state index in [0.29, 0.717) is 18.3 Å². The van der Waals surface area contributed by atoms with Crippen molar-refractivity contribution >= 4 is 10.9 Å². The first-order chi connectivity index (χ1) is 8.24. The van der Waals surface area contributed by atoms with Gasteiger partial charge in [-0.05, 0) is 24.4 Å². The zero-order valence-corrected chi connectivity index (χ0v) is 9.84. The minimum Gasteiger partial charge on any atom is -0.424 e. The van der Waals surface area contributed by atoms with Crippen molar-refractivity contribution in [2.45, 2.75) is 20.4 Å². The molecule has 0 atom stereocenters. The van der Waals surface area contributed by atoms with Crippen LogP contribution in [0.4, 0.5) is 0 Å². The van der Waals surface area contributed by atoms with Gasteiger partial charge in [-0.15, -0.1) is 10.2 Å². The molecular weight excluding hydrogens is 214 g/mol. The van der Waals surface area contributed by atoms with E-state index >= 15 is 0 Å². The monoisotopic (exact) mass is 227 g/mol. The van der Waals surface area contributed by atoms with Crippen molar-refractivity contribution in [1.29, 1.82) is 0 Å². The van der Waals surface area contributed by atoms with Crippen molar-refractivity contribution in [3.8, 4) is 0 Å². The molecule has 0 aliphatic heterocycles. The number of aromatic nitrogens is 3. The van der Waals surface area contributed by atoms with E-state index < -0.39 is 0 Å². The summed E-state index contributed by atoms with van der Waals surface area (Å²) >= 11 is 0. The van der Waals surface area contributed by atoms with Crippen LogP contribution >= 0.6 is 0 Å². The van der Waals surface area contributed by atoms with Crippen LogP contribution in [0, 0.1) is 13.8 Å². The lowest BCUT2D eigenvalue weighted by Gasteiger charge is -2.04. The summed E-state index contributed by atoms with van der Waals surface area (Å²) in [5.74, 6) is 1.25. The number of nitrogens with zero attached hydrogens (tertiary/aromatic N) is 3. The Bertz CT molecular complexity index is 666. The predicted octanol–water partition coefficient (Wildman–Crippen LogP) is 2.69. The molecular formula is C13H13N3O. The van der Waals surface area contributed by atoms with Gasteiger partial charge in [0.25, 0.3) is 0 Å². The lowest BCUT2D eigenvalue weighted by Crippen LogP contribution is -2.01. The zero-order valence-electron chi connectivity index (χ0n) is 9.84. The first-order valence-electron chi connectivity index (χ1n) is 5.58. The van der Waals surface area contributed by atoms with Crippen molar-refractivity contribution in [1.82, 2.24) is 14.8 Å². The lowest BCUT2D eigenvalue weighted by atomic mass is 10.2. The molecule has 3 aromatic rings. The van der Waals surface area contributed by atoms with E-state index in [-0.39, 0.29) is 0 Å². The lowest BCUT2D eigenvalue weighted by molar-refractivity contribution is 0.455. The van der Waals surface area contributed by atoms with E-state index in [1.165, 1.54) is 16.6 Å². The molecule has 4 heteroatoms. The van der Waals surface area contributed by atoms with Gasteiger partial charge in [0.05, 0.1) is 0 Å². The van der Waals surface area contributed by atoms with Gasteiger partial charge in [-0.2, -0.15) is 0 Å². The Morgan fingerprint density at radius 3 is 2.76 bits per heavy atom. The molecule has 86 valence electrons. The molecule has 0 N–H and O–H groups in total. The molecule has 1 aromatic carbocycles. The highest BCUT2D eigenvalue weighted by atomic mass is 16.4. The minimum atomic E-state index is 0.606. The Morgan fingerprint density at radius 2 is 2.00 bits per heavy atom. The van der Waals surface area contributed by atoms with Gasteiger partial charge < -0.3 is 8.98 Å². The third kappa shape index (κ3) is 1.71. The summed E-state index contributed by atoms with van der Waals surface area (Å²) < 4.78 is 7.60. The second kappa shape index (κ2) is 3.73. The van der Waals surface area contributed by atoms with Crippen molar-refractivity contribution < 1.29 is 4.42 Å². The van der Waals surface area contributed by atoms with Crippen LogP contribution in [-0.4, -0.2) is 14.8 Å². The molecule has 4 nitrogen and oxygen atoms in total. The highest BCUT2D eigenvalue weighted by Gasteiger charge is 2.08. The number of para-hydroxylation sites is 1. The molecule has 0 saturated heterocycles. The summed E-state index contributed by atoms with van der Waals surface area (Å²) in [5.41, 5.74) is 2.39. The second-order valence-electron chi connectivity index (χ2n) is 4.15. The second-order valence-corrected chi connectivity index (χ2v) is 4.15. The first-order valence-corrected chi connectivity index (χ1v) is 5.58. The number of fused-ring (bicyclic) bond motifs is 1. The van der Waals surface area contributed by atoms with Crippen LogP contribution in [0.5, 0.6) is 0 Å². The highest BCUT2D eigenvalue weighted by molar-refractivity contribution is 5.81. The van der Waals surface area contributed by atoms with Crippen molar-refractivity contribution in [3.05, 3.63) is 47.8 Å². The van der Waals surface area contributed by atoms with E-state index in [9.17, 15) is 0 Å². The van der Waals surface area contributed by atoms with E-state index in [2.05, 4.69) is 39.9 Å². The molecule has 0 spiro atoms. The SMILES string of the molecule is Cc1nnc(Cn2c(C)cc3ccccc32)o1. The zero-order chi connectivity index (χ0) is 11.8. The van der Waals surface area contributed by atoms with E-state index in [1.54, 1.807) is 6.92 Å². The van der Waals surface area contributed by atoms with Crippen LogP contribution in [0.3, 0.4) is 0 Å². The largest absolute Gasteiger partial charge is 0.424 e. The quantitative estimate of drug-likeness (QED) is 0.676. The standard InChI is InChI=1S/C13H13N3O/c1-9-7-11-5-3-4-6-12(11)16(9)8-13-15-14-10(2)17-13/h3-7H,8H2,1-2H3. The van der Waals surface area contributed by atoms with E-state index in [1.807, 2.05) is 12.1 Å². The Hall–Kier alpha value is -2.10. The smallest absolute Gasteiger partial charge is 0.236 e. The maximum absolute atomic E-state index is 5.42. The minimum absolute atomic E-state index is 0.606. The van der Waals surface area contributed by atoms with Gasteiger partial charge in [-0.25, -0.2) is 0 Å². The van der Waals surface area contributed by atoms with Crippen molar-refractivity contribution in [2.75, 3.05) is 0 Å². The molecule has 0 radical (unpaired) electrons. The Balaban J connectivity index is 2.08. The molecule has 0 amide bonds. The summed E-state index contributed by atoms with van der Waals surface area (Å²) in [6.45, 7) is 4.51. The van der Waals surface area contributed by atoms with Crippen LogP contribution in [0.15, 0.2) is 34.7 Å². The maximum atomic E-state index is 5.42. The number of hydrogen-bond acceptors (Lipinski definition) is 3. The van der Waals surface area contributed by atoms with E-state index in [4.69, 9.17) is 4.42 Å². The number of hydrogen-bond donors (Lipinski definition) is 0. The van der Waals surface area contributed by atoms with Gasteiger partial charge >= 0.3 is 0 Å². The highest BCUT2D eigenvalue weighted by Crippen LogP contribution is 2.20. The Labute approximate surface area is 98.9 Å². The van der Waals surface area contributed by atoms with Crippen LogP contribution < -0.4 is 0 Å². The van der Waals surface area contributed by atoms with Gasteiger partial charge in [-0.3, -0.25) is 0 Å². The van der Waals surface area contributed by atoms with Crippen LogP contribution in [0.25, 0.3) is 10.9 Å². The summed E-state index contributed by atoms with van der Waals surface area (Å²) in [4.78, 5) is 0. The summed E-state index contributed by atoms with van der Waals surface area (Å²) in [7, 11) is 0. The average Bonchev–Trinajstić information content (AvgIpc) is 2.85. The topological polar surface area (TPSA) is 43.9 Å². The average molecular weight is 227 g/mol. The summed E-state index contributed by atoms with van der Waals surface area (Å²) in [6.07, 6.45) is 0. The fraction of sp³-hybridized carbons (Fsp3) is 0.231. The van der Waals surface area contributed by atoms with Crippen molar-refractivity contribution in [2.24, 2.45) is 0 Å². The van der Waals surface area contributed by atoms with Crippen LogP contribution in [-0.2, 0) is 6.54 Å². The predicted molar refractivity (Wildman–Crippen MR) is 64.8 cm³/mol. The molecule has 17 heavy (non-hydrogen) atoms. The molecule has 0 fully saturated rings.